The molecule has 0 fully saturated rings. The zero-order valence-corrected chi connectivity index (χ0v) is 16.3. The number of urea groups is 1. The molecule has 0 aliphatic heterocycles. The number of nitrogens with zero attached hydrogens (tertiary/aromatic N) is 2. The number of aromatic nitrogens is 2. The summed E-state index contributed by atoms with van der Waals surface area (Å²) in [6.45, 7) is 4.56. The summed E-state index contributed by atoms with van der Waals surface area (Å²) in [7, 11) is -3.43. The fourth-order valence-electron chi connectivity index (χ4n) is 2.09. The highest BCUT2D eigenvalue weighted by Gasteiger charge is 2.12. The lowest BCUT2D eigenvalue weighted by Crippen LogP contribution is -2.40. The number of carbonyl (C=O) groups excluding carboxylic acids is 1. The molecule has 9 nitrogen and oxygen atoms in total. The highest BCUT2D eigenvalue weighted by atomic mass is 32.2. The second kappa shape index (κ2) is 9.17. The second-order valence-electron chi connectivity index (χ2n) is 6.01. The lowest BCUT2D eigenvalue weighted by molar-refractivity contribution is 0.241. The van der Waals surface area contributed by atoms with E-state index < -0.39 is 15.9 Å². The lowest BCUT2D eigenvalue weighted by Gasteiger charge is -2.11. The van der Waals surface area contributed by atoms with Gasteiger partial charge in [0.15, 0.2) is 20.7 Å². The number of hydrogen-bond acceptors (Lipinski definition) is 7. The van der Waals surface area contributed by atoms with Crippen LogP contribution in [0.5, 0.6) is 5.75 Å². The summed E-state index contributed by atoms with van der Waals surface area (Å²) < 4.78 is 28.5. The Labute approximate surface area is 158 Å². The number of hydrazine groups is 1. The third-order valence-electron chi connectivity index (χ3n) is 3.50. The second-order valence-corrected chi connectivity index (χ2v) is 7.97. The Bertz CT molecular complexity index is 902. The Kier molecular flexibility index (Phi) is 6.94. The van der Waals surface area contributed by atoms with E-state index in [4.69, 9.17) is 4.74 Å². The van der Waals surface area contributed by atoms with E-state index in [1.807, 2.05) is 31.2 Å². The average Bonchev–Trinajstić information content (AvgIpc) is 2.59. The van der Waals surface area contributed by atoms with Crippen molar-refractivity contribution in [3.05, 3.63) is 41.5 Å². The highest BCUT2D eigenvalue weighted by molar-refractivity contribution is 7.90. The van der Waals surface area contributed by atoms with Crippen molar-refractivity contribution in [3.8, 4) is 5.75 Å². The summed E-state index contributed by atoms with van der Waals surface area (Å²) in [5.41, 5.74) is 6.69. The monoisotopic (exact) mass is 393 g/mol. The van der Waals surface area contributed by atoms with Crippen molar-refractivity contribution in [3.63, 3.8) is 0 Å². The molecule has 0 saturated carbocycles. The van der Waals surface area contributed by atoms with Crippen LogP contribution in [-0.4, -0.2) is 44.1 Å². The molecule has 2 rings (SSSR count). The molecular formula is C17H23N5O4S. The quantitative estimate of drug-likeness (QED) is 0.460. The number of nitrogens with one attached hydrogen (secondary N) is 3. The van der Waals surface area contributed by atoms with Crippen molar-refractivity contribution in [1.29, 1.82) is 0 Å². The maximum Gasteiger partial charge on any atom is 0.333 e. The maximum absolute atomic E-state index is 11.8. The van der Waals surface area contributed by atoms with Gasteiger partial charge in [-0.3, -0.25) is 10.9 Å². The Hall–Kier alpha value is -2.88. The van der Waals surface area contributed by atoms with E-state index in [1.54, 1.807) is 6.92 Å². The van der Waals surface area contributed by atoms with Gasteiger partial charge in [0.1, 0.15) is 5.75 Å². The van der Waals surface area contributed by atoms with Gasteiger partial charge in [-0.05, 0) is 49.6 Å². The molecule has 0 atom stereocenters. The summed E-state index contributed by atoms with van der Waals surface area (Å²) in [4.78, 5) is 11.8. The molecular weight excluding hydrogens is 370 g/mol. The van der Waals surface area contributed by atoms with Crippen LogP contribution in [0.3, 0.4) is 0 Å². The van der Waals surface area contributed by atoms with Crippen LogP contribution in [0.4, 0.5) is 10.6 Å². The largest absolute Gasteiger partial charge is 0.494 e. The van der Waals surface area contributed by atoms with Gasteiger partial charge in [0.05, 0.1) is 6.61 Å². The summed E-state index contributed by atoms with van der Waals surface area (Å²) in [5, 5.41) is 9.93. The van der Waals surface area contributed by atoms with E-state index in [1.165, 1.54) is 6.07 Å². The van der Waals surface area contributed by atoms with E-state index in [0.717, 1.165) is 17.6 Å². The smallest absolute Gasteiger partial charge is 0.333 e. The van der Waals surface area contributed by atoms with E-state index in [2.05, 4.69) is 26.4 Å². The predicted octanol–water partition coefficient (Wildman–Crippen LogP) is 1.59. The molecule has 0 aliphatic carbocycles. The van der Waals surface area contributed by atoms with Gasteiger partial charge in [-0.25, -0.2) is 13.2 Å². The normalized spacial score (nSPS) is 10.9. The van der Waals surface area contributed by atoms with Crippen LogP contribution in [0.1, 0.15) is 17.5 Å². The van der Waals surface area contributed by atoms with Gasteiger partial charge in [-0.1, -0.05) is 12.1 Å². The summed E-state index contributed by atoms with van der Waals surface area (Å²) in [6.07, 6.45) is 1.70. The van der Waals surface area contributed by atoms with Crippen LogP contribution < -0.4 is 20.9 Å². The first kappa shape index (κ1) is 20.4. The van der Waals surface area contributed by atoms with Gasteiger partial charge >= 0.3 is 6.03 Å². The first-order chi connectivity index (χ1) is 12.8. The van der Waals surface area contributed by atoms with Crippen LogP contribution in [0.15, 0.2) is 35.4 Å². The first-order valence-corrected chi connectivity index (χ1v) is 10.2. The molecule has 2 aromatic rings. The van der Waals surface area contributed by atoms with Crippen molar-refractivity contribution in [1.82, 2.24) is 20.9 Å². The highest BCUT2D eigenvalue weighted by Crippen LogP contribution is 2.13. The van der Waals surface area contributed by atoms with Crippen molar-refractivity contribution >= 4 is 21.7 Å². The Morgan fingerprint density at radius 1 is 1.19 bits per heavy atom. The summed E-state index contributed by atoms with van der Waals surface area (Å²) >= 11 is 0. The zero-order valence-electron chi connectivity index (χ0n) is 15.4. The van der Waals surface area contributed by atoms with Crippen LogP contribution >= 0.6 is 0 Å². The molecule has 1 aromatic heterocycles. The van der Waals surface area contributed by atoms with Crippen molar-refractivity contribution in [2.24, 2.45) is 0 Å². The number of ether oxygens (including phenoxy) is 1. The topological polar surface area (TPSA) is 122 Å². The molecule has 146 valence electrons. The van der Waals surface area contributed by atoms with Crippen molar-refractivity contribution in [2.45, 2.75) is 25.3 Å². The number of rotatable bonds is 8. The number of sulfone groups is 1. The standard InChI is InChI=1S/C17H23N5O4S/c1-12-6-4-7-14(10-12)26-9-5-8-18-17(23)22-21-16-13(2)11-15(19-20-16)27(3,24)25/h4,6-7,10-11H,5,8-9H2,1-3H3,(H,20,21)(H2,18,22,23). The van der Waals surface area contributed by atoms with Crippen molar-refractivity contribution < 1.29 is 17.9 Å². The Morgan fingerprint density at radius 3 is 2.63 bits per heavy atom. The average molecular weight is 393 g/mol. The number of anilines is 1. The number of benzene rings is 1. The van der Waals surface area contributed by atoms with E-state index in [0.29, 0.717) is 25.1 Å². The molecule has 0 spiro atoms. The predicted molar refractivity (Wildman–Crippen MR) is 101 cm³/mol. The maximum atomic E-state index is 11.8. The molecule has 10 heteroatoms. The number of hydrogen-bond donors (Lipinski definition) is 3. The van der Waals surface area contributed by atoms with Crippen LogP contribution in [0, 0.1) is 13.8 Å². The number of aryl methyl sites for hydroxylation is 2. The minimum atomic E-state index is -3.43. The van der Waals surface area contributed by atoms with E-state index in [-0.39, 0.29) is 10.8 Å². The van der Waals surface area contributed by atoms with Gasteiger partial charge in [0, 0.05) is 12.8 Å². The van der Waals surface area contributed by atoms with Crippen molar-refractivity contribution in [2.75, 3.05) is 24.8 Å². The lowest BCUT2D eigenvalue weighted by atomic mass is 10.2. The fraction of sp³-hybridized carbons (Fsp3) is 0.353. The summed E-state index contributed by atoms with van der Waals surface area (Å²) in [6, 6.07) is 8.69. The van der Waals surface area contributed by atoms with Crippen LogP contribution in [0.2, 0.25) is 0 Å². The molecule has 0 aliphatic rings. The minimum Gasteiger partial charge on any atom is -0.494 e. The molecule has 0 unspecified atom stereocenters. The third kappa shape index (κ3) is 6.74. The summed E-state index contributed by atoms with van der Waals surface area (Å²) in [5.74, 6) is 1.06. The molecule has 3 N–H and O–H groups in total. The van der Waals surface area contributed by atoms with E-state index >= 15 is 0 Å². The Morgan fingerprint density at radius 2 is 1.96 bits per heavy atom. The van der Waals surface area contributed by atoms with Gasteiger partial charge in [-0.2, -0.15) is 0 Å². The van der Waals surface area contributed by atoms with E-state index in [9.17, 15) is 13.2 Å². The molecule has 2 amide bonds. The Balaban J connectivity index is 1.69. The van der Waals surface area contributed by atoms with Gasteiger partial charge in [-0.15, -0.1) is 10.2 Å². The minimum absolute atomic E-state index is 0.122. The number of amides is 2. The van der Waals surface area contributed by atoms with Crippen LogP contribution in [0.25, 0.3) is 0 Å². The molecule has 1 aromatic carbocycles. The molecule has 1 heterocycles. The first-order valence-electron chi connectivity index (χ1n) is 8.29. The molecule has 27 heavy (non-hydrogen) atoms. The third-order valence-corrected chi connectivity index (χ3v) is 4.46. The van der Waals surface area contributed by atoms with Crippen LogP contribution in [-0.2, 0) is 9.84 Å². The molecule has 0 saturated heterocycles. The van der Waals surface area contributed by atoms with Gasteiger partial charge < -0.3 is 10.1 Å². The van der Waals surface area contributed by atoms with Gasteiger partial charge in [0.25, 0.3) is 0 Å². The zero-order chi connectivity index (χ0) is 19.9. The van der Waals surface area contributed by atoms with Gasteiger partial charge in [0.2, 0.25) is 0 Å². The SMILES string of the molecule is Cc1cccc(OCCCNC(=O)NNc2nnc(S(C)(=O)=O)cc2C)c1. The number of carbonyl (C=O) groups is 1. The molecule has 0 bridgehead atoms. The molecule has 0 radical (unpaired) electrons. The fourth-order valence-corrected chi connectivity index (χ4v) is 2.67.